The smallest absolute Gasteiger partial charge is 0.251 e. The van der Waals surface area contributed by atoms with Crippen LogP contribution in [0.15, 0.2) is 67.5 Å². The summed E-state index contributed by atoms with van der Waals surface area (Å²) in [5.41, 5.74) is 3.41. The number of benzene rings is 2. The van der Waals surface area contributed by atoms with Crippen LogP contribution in [0.3, 0.4) is 0 Å². The van der Waals surface area contributed by atoms with Gasteiger partial charge in [-0.3, -0.25) is 9.36 Å². The lowest BCUT2D eigenvalue weighted by Crippen LogP contribution is -2.23. The van der Waals surface area contributed by atoms with Gasteiger partial charge in [0.05, 0.1) is 11.0 Å². The van der Waals surface area contributed by atoms with Crippen LogP contribution in [0.25, 0.3) is 16.7 Å². The Morgan fingerprint density at radius 1 is 1.24 bits per heavy atom. The fourth-order valence-electron chi connectivity index (χ4n) is 2.22. The first kappa shape index (κ1) is 13.1. The zero-order valence-electron chi connectivity index (χ0n) is 11.5. The van der Waals surface area contributed by atoms with Gasteiger partial charge in [-0.05, 0) is 30.3 Å². The summed E-state index contributed by atoms with van der Waals surface area (Å²) in [6.45, 7) is 4.04. The molecule has 0 unspecified atom stereocenters. The number of fused-ring (bicyclic) bond motifs is 1. The van der Waals surface area contributed by atoms with E-state index >= 15 is 0 Å². The van der Waals surface area contributed by atoms with Crippen molar-refractivity contribution < 1.29 is 4.79 Å². The first-order valence-corrected chi connectivity index (χ1v) is 6.71. The van der Waals surface area contributed by atoms with Crippen molar-refractivity contribution in [2.75, 3.05) is 6.54 Å². The quantitative estimate of drug-likeness (QED) is 0.745. The molecule has 0 saturated heterocycles. The van der Waals surface area contributed by atoms with Gasteiger partial charge in [0.1, 0.15) is 6.33 Å². The summed E-state index contributed by atoms with van der Waals surface area (Å²) in [6.07, 6.45) is 3.42. The van der Waals surface area contributed by atoms with Gasteiger partial charge in [-0.1, -0.05) is 24.3 Å². The minimum absolute atomic E-state index is 0.119. The van der Waals surface area contributed by atoms with Gasteiger partial charge >= 0.3 is 0 Å². The van der Waals surface area contributed by atoms with Crippen molar-refractivity contribution >= 4 is 16.9 Å². The van der Waals surface area contributed by atoms with Gasteiger partial charge in [-0.2, -0.15) is 0 Å². The fourth-order valence-corrected chi connectivity index (χ4v) is 2.22. The highest BCUT2D eigenvalue weighted by Crippen LogP contribution is 2.19. The van der Waals surface area contributed by atoms with Gasteiger partial charge in [0, 0.05) is 17.8 Å². The van der Waals surface area contributed by atoms with E-state index in [1.807, 2.05) is 47.0 Å². The van der Waals surface area contributed by atoms with E-state index in [9.17, 15) is 4.79 Å². The van der Waals surface area contributed by atoms with Crippen LogP contribution in [0.2, 0.25) is 0 Å². The Balaban J connectivity index is 1.98. The maximum Gasteiger partial charge on any atom is 0.251 e. The van der Waals surface area contributed by atoms with Gasteiger partial charge in [-0.25, -0.2) is 4.98 Å². The van der Waals surface area contributed by atoms with Crippen molar-refractivity contribution in [3.63, 3.8) is 0 Å². The summed E-state index contributed by atoms with van der Waals surface area (Å²) in [5, 5.41) is 2.76. The largest absolute Gasteiger partial charge is 0.349 e. The van der Waals surface area contributed by atoms with Crippen molar-refractivity contribution in [2.24, 2.45) is 0 Å². The lowest BCUT2D eigenvalue weighted by atomic mass is 10.2. The molecule has 1 heterocycles. The van der Waals surface area contributed by atoms with E-state index in [-0.39, 0.29) is 5.91 Å². The number of carbonyl (C=O) groups is 1. The Hall–Kier alpha value is -2.88. The number of imidazole rings is 1. The van der Waals surface area contributed by atoms with E-state index in [2.05, 4.69) is 16.9 Å². The average molecular weight is 277 g/mol. The van der Waals surface area contributed by atoms with Crippen molar-refractivity contribution in [1.29, 1.82) is 0 Å². The Labute approximate surface area is 122 Å². The number of para-hydroxylation sites is 1. The first-order chi connectivity index (χ1) is 10.3. The molecule has 21 heavy (non-hydrogen) atoms. The molecular formula is C17H15N3O. The predicted octanol–water partition coefficient (Wildman–Crippen LogP) is 2.94. The maximum atomic E-state index is 11.9. The monoisotopic (exact) mass is 277 g/mol. The maximum absolute atomic E-state index is 11.9. The molecule has 2 aromatic carbocycles. The standard InChI is InChI=1S/C17H15N3O/c1-2-10-18-17(21)13-8-9-16-15(11-13)19-12-20(16)14-6-4-3-5-7-14/h2-9,11-12H,1,10H2,(H,18,21). The molecule has 4 nitrogen and oxygen atoms in total. The number of nitrogens with zero attached hydrogens (tertiary/aromatic N) is 2. The highest BCUT2D eigenvalue weighted by Gasteiger charge is 2.09. The fraction of sp³-hybridized carbons (Fsp3) is 0.0588. The highest BCUT2D eigenvalue weighted by atomic mass is 16.1. The Kier molecular flexibility index (Phi) is 3.51. The number of hydrogen-bond donors (Lipinski definition) is 1. The molecule has 0 bridgehead atoms. The molecule has 0 atom stereocenters. The topological polar surface area (TPSA) is 46.9 Å². The first-order valence-electron chi connectivity index (χ1n) is 6.71. The predicted molar refractivity (Wildman–Crippen MR) is 83.6 cm³/mol. The van der Waals surface area contributed by atoms with E-state index in [0.29, 0.717) is 12.1 Å². The van der Waals surface area contributed by atoms with Gasteiger partial charge in [0.2, 0.25) is 0 Å². The van der Waals surface area contributed by atoms with E-state index in [0.717, 1.165) is 16.7 Å². The Bertz CT molecular complexity index is 790. The number of hydrogen-bond acceptors (Lipinski definition) is 2. The molecule has 0 saturated carbocycles. The molecule has 0 spiro atoms. The molecule has 104 valence electrons. The number of nitrogens with one attached hydrogen (secondary N) is 1. The lowest BCUT2D eigenvalue weighted by Gasteiger charge is -2.05. The van der Waals surface area contributed by atoms with Crippen LogP contribution < -0.4 is 5.32 Å². The molecule has 0 aliphatic heterocycles. The summed E-state index contributed by atoms with van der Waals surface area (Å²) in [7, 11) is 0. The van der Waals surface area contributed by atoms with Crippen LogP contribution in [0.5, 0.6) is 0 Å². The van der Waals surface area contributed by atoms with Crippen molar-refractivity contribution in [3.05, 3.63) is 73.1 Å². The molecular weight excluding hydrogens is 262 g/mol. The normalized spacial score (nSPS) is 10.5. The van der Waals surface area contributed by atoms with Gasteiger partial charge in [0.15, 0.2) is 0 Å². The van der Waals surface area contributed by atoms with Crippen molar-refractivity contribution in [1.82, 2.24) is 14.9 Å². The molecule has 1 amide bonds. The SMILES string of the molecule is C=CCNC(=O)c1ccc2c(c1)ncn2-c1ccccc1. The van der Waals surface area contributed by atoms with Gasteiger partial charge in [0.25, 0.3) is 5.91 Å². The van der Waals surface area contributed by atoms with E-state index in [4.69, 9.17) is 0 Å². The molecule has 3 aromatic rings. The van der Waals surface area contributed by atoms with Crippen LogP contribution in [0, 0.1) is 0 Å². The van der Waals surface area contributed by atoms with E-state index in [1.165, 1.54) is 0 Å². The highest BCUT2D eigenvalue weighted by molar-refractivity contribution is 5.97. The molecule has 1 aromatic heterocycles. The number of rotatable bonds is 4. The molecule has 1 N–H and O–H groups in total. The van der Waals surface area contributed by atoms with Crippen LogP contribution in [0.4, 0.5) is 0 Å². The molecule has 3 rings (SSSR count). The summed E-state index contributed by atoms with van der Waals surface area (Å²) in [6, 6.07) is 15.5. The third kappa shape index (κ3) is 2.56. The minimum atomic E-state index is -0.119. The zero-order chi connectivity index (χ0) is 14.7. The molecule has 0 aliphatic carbocycles. The minimum Gasteiger partial charge on any atom is -0.349 e. The summed E-state index contributed by atoms with van der Waals surface area (Å²) >= 11 is 0. The third-order valence-electron chi connectivity index (χ3n) is 3.25. The van der Waals surface area contributed by atoms with E-state index < -0.39 is 0 Å². The number of aromatic nitrogens is 2. The zero-order valence-corrected chi connectivity index (χ0v) is 11.5. The molecule has 4 heteroatoms. The van der Waals surface area contributed by atoms with Crippen LogP contribution in [-0.4, -0.2) is 22.0 Å². The molecule has 0 fully saturated rings. The summed E-state index contributed by atoms with van der Waals surface area (Å²) < 4.78 is 2.00. The Morgan fingerprint density at radius 3 is 2.81 bits per heavy atom. The summed E-state index contributed by atoms with van der Waals surface area (Å²) in [5.74, 6) is -0.119. The van der Waals surface area contributed by atoms with Crippen LogP contribution in [-0.2, 0) is 0 Å². The second kappa shape index (κ2) is 5.63. The lowest BCUT2D eigenvalue weighted by molar-refractivity contribution is 0.0958. The Morgan fingerprint density at radius 2 is 2.05 bits per heavy atom. The van der Waals surface area contributed by atoms with Gasteiger partial charge in [-0.15, -0.1) is 6.58 Å². The second-order valence-corrected chi connectivity index (χ2v) is 4.65. The number of amides is 1. The van der Waals surface area contributed by atoms with E-state index in [1.54, 1.807) is 18.5 Å². The van der Waals surface area contributed by atoms with Crippen LogP contribution in [0.1, 0.15) is 10.4 Å². The van der Waals surface area contributed by atoms with Crippen LogP contribution >= 0.6 is 0 Å². The summed E-state index contributed by atoms with van der Waals surface area (Å²) in [4.78, 5) is 16.3. The van der Waals surface area contributed by atoms with Crippen molar-refractivity contribution in [2.45, 2.75) is 0 Å². The van der Waals surface area contributed by atoms with Gasteiger partial charge < -0.3 is 5.32 Å². The van der Waals surface area contributed by atoms with Crippen molar-refractivity contribution in [3.8, 4) is 5.69 Å². The third-order valence-corrected chi connectivity index (χ3v) is 3.25. The second-order valence-electron chi connectivity index (χ2n) is 4.65. The molecule has 0 aliphatic rings. The average Bonchev–Trinajstić information content (AvgIpc) is 2.96. The molecule has 0 radical (unpaired) electrons. The number of carbonyl (C=O) groups excluding carboxylic acids is 1.